The van der Waals surface area contributed by atoms with Crippen LogP contribution in [0.5, 0.6) is 0 Å². The van der Waals surface area contributed by atoms with Crippen molar-refractivity contribution in [1.29, 1.82) is 0 Å². The highest BCUT2D eigenvalue weighted by Crippen LogP contribution is 2.27. The van der Waals surface area contributed by atoms with Crippen LogP contribution >= 0.6 is 11.3 Å². The Hall–Kier alpha value is -2.14. The van der Waals surface area contributed by atoms with Crippen LogP contribution in [0.3, 0.4) is 0 Å². The van der Waals surface area contributed by atoms with E-state index in [4.69, 9.17) is 0 Å². The average molecular weight is 298 g/mol. The molecule has 0 spiro atoms. The maximum absolute atomic E-state index is 4.53. The first-order chi connectivity index (χ1) is 10.3. The Morgan fingerprint density at radius 2 is 2.05 bits per heavy atom. The molecule has 0 aliphatic rings. The summed E-state index contributed by atoms with van der Waals surface area (Å²) in [5.41, 5.74) is 1.03. The van der Waals surface area contributed by atoms with Gasteiger partial charge in [0.25, 0.3) is 0 Å². The summed E-state index contributed by atoms with van der Waals surface area (Å²) < 4.78 is 2.12. The van der Waals surface area contributed by atoms with Crippen LogP contribution in [0.2, 0.25) is 0 Å². The molecule has 0 bridgehead atoms. The minimum Gasteiger partial charge on any atom is -0.326 e. The highest BCUT2D eigenvalue weighted by molar-refractivity contribution is 7.11. The molecule has 1 N–H and O–H groups in total. The van der Waals surface area contributed by atoms with Crippen molar-refractivity contribution in [3.8, 4) is 0 Å². The van der Waals surface area contributed by atoms with Crippen molar-refractivity contribution < 1.29 is 0 Å². The molecule has 0 fully saturated rings. The van der Waals surface area contributed by atoms with Crippen molar-refractivity contribution in [3.05, 3.63) is 58.8 Å². The van der Waals surface area contributed by atoms with E-state index >= 15 is 0 Å². The molecule has 2 aromatic heterocycles. The van der Waals surface area contributed by atoms with Gasteiger partial charge in [-0.05, 0) is 25.5 Å². The number of thiazole rings is 1. The lowest BCUT2D eigenvalue weighted by atomic mass is 10.3. The predicted octanol–water partition coefficient (Wildman–Crippen LogP) is 4.25. The molecule has 1 unspecified atom stereocenters. The number of aromatic nitrogens is 3. The molecule has 0 aliphatic heterocycles. The molecule has 2 heterocycles. The average Bonchev–Trinajstić information content (AvgIpc) is 3.16. The molecule has 1 atom stereocenters. The third kappa shape index (κ3) is 2.97. The summed E-state index contributed by atoms with van der Waals surface area (Å²) >= 11 is 1.77. The van der Waals surface area contributed by atoms with Crippen LogP contribution < -0.4 is 5.32 Å². The number of aryl methyl sites for hydroxylation is 1. The predicted molar refractivity (Wildman–Crippen MR) is 87.3 cm³/mol. The molecule has 0 saturated carbocycles. The van der Waals surface area contributed by atoms with Crippen molar-refractivity contribution >= 4 is 23.0 Å². The van der Waals surface area contributed by atoms with Gasteiger partial charge in [0.2, 0.25) is 5.95 Å². The Labute approximate surface area is 128 Å². The third-order valence-electron chi connectivity index (χ3n) is 3.39. The van der Waals surface area contributed by atoms with Gasteiger partial charge in [-0.2, -0.15) is 0 Å². The molecule has 0 amide bonds. The maximum Gasteiger partial charge on any atom is 0.207 e. The monoisotopic (exact) mass is 298 g/mol. The molecule has 3 aromatic rings. The summed E-state index contributed by atoms with van der Waals surface area (Å²) in [6.45, 7) is 4.30. The number of benzene rings is 1. The lowest BCUT2D eigenvalue weighted by Crippen LogP contribution is -2.09. The van der Waals surface area contributed by atoms with Crippen molar-refractivity contribution in [1.82, 2.24) is 14.5 Å². The Morgan fingerprint density at radius 1 is 1.24 bits per heavy atom. The minimum atomic E-state index is 0.170. The summed E-state index contributed by atoms with van der Waals surface area (Å²) in [4.78, 5) is 10.3. The first-order valence-corrected chi connectivity index (χ1v) is 7.89. The number of hydrogen-bond donors (Lipinski definition) is 1. The van der Waals surface area contributed by atoms with Gasteiger partial charge < -0.3 is 9.88 Å². The zero-order valence-corrected chi connectivity index (χ0v) is 13.0. The van der Waals surface area contributed by atoms with Crippen LogP contribution in [-0.2, 0) is 6.42 Å². The van der Waals surface area contributed by atoms with Gasteiger partial charge in [-0.25, -0.2) is 9.97 Å². The fourth-order valence-electron chi connectivity index (χ4n) is 2.17. The molecule has 0 saturated heterocycles. The first kappa shape index (κ1) is 13.8. The largest absolute Gasteiger partial charge is 0.326 e. The smallest absolute Gasteiger partial charge is 0.207 e. The first-order valence-electron chi connectivity index (χ1n) is 7.07. The van der Waals surface area contributed by atoms with E-state index in [2.05, 4.69) is 33.7 Å². The molecule has 0 aliphatic carbocycles. The van der Waals surface area contributed by atoms with Gasteiger partial charge in [-0.15, -0.1) is 11.3 Å². The van der Waals surface area contributed by atoms with E-state index in [0.717, 1.165) is 23.1 Å². The van der Waals surface area contributed by atoms with Gasteiger partial charge in [-0.3, -0.25) is 0 Å². The van der Waals surface area contributed by atoms with Crippen molar-refractivity contribution in [2.45, 2.75) is 26.3 Å². The molecule has 21 heavy (non-hydrogen) atoms. The zero-order valence-electron chi connectivity index (χ0n) is 12.2. The van der Waals surface area contributed by atoms with Crippen molar-refractivity contribution in [2.24, 2.45) is 0 Å². The Morgan fingerprint density at radius 3 is 2.76 bits per heavy atom. The highest BCUT2D eigenvalue weighted by Gasteiger charge is 2.15. The second-order valence-electron chi connectivity index (χ2n) is 4.84. The molecule has 4 nitrogen and oxygen atoms in total. The lowest BCUT2D eigenvalue weighted by Gasteiger charge is -2.15. The van der Waals surface area contributed by atoms with Gasteiger partial charge in [-0.1, -0.05) is 25.1 Å². The van der Waals surface area contributed by atoms with Gasteiger partial charge >= 0.3 is 0 Å². The molecule has 3 rings (SSSR count). The molecule has 1 aromatic carbocycles. The fraction of sp³-hybridized carbons (Fsp3) is 0.250. The van der Waals surface area contributed by atoms with E-state index < -0.39 is 0 Å². The molecular formula is C16H18N4S. The Kier molecular flexibility index (Phi) is 4.01. The van der Waals surface area contributed by atoms with Gasteiger partial charge in [0.1, 0.15) is 5.01 Å². The van der Waals surface area contributed by atoms with Crippen LogP contribution in [0.15, 0.2) is 48.9 Å². The second-order valence-corrected chi connectivity index (χ2v) is 5.99. The molecule has 108 valence electrons. The van der Waals surface area contributed by atoms with E-state index in [0.29, 0.717) is 0 Å². The number of nitrogens with zero attached hydrogens (tertiary/aromatic N) is 3. The van der Waals surface area contributed by atoms with E-state index in [-0.39, 0.29) is 6.04 Å². The third-order valence-corrected chi connectivity index (χ3v) is 4.71. The Balaban J connectivity index is 1.84. The van der Waals surface area contributed by atoms with Crippen LogP contribution in [0, 0.1) is 0 Å². The van der Waals surface area contributed by atoms with Crippen molar-refractivity contribution in [3.63, 3.8) is 0 Å². The van der Waals surface area contributed by atoms with E-state index in [1.165, 1.54) is 4.88 Å². The van der Waals surface area contributed by atoms with Crippen LogP contribution in [0.1, 0.15) is 29.8 Å². The second kappa shape index (κ2) is 6.10. The van der Waals surface area contributed by atoms with E-state index in [1.54, 1.807) is 11.3 Å². The topological polar surface area (TPSA) is 42.7 Å². The number of imidazole rings is 1. The molecule has 0 radical (unpaired) electrons. The number of rotatable bonds is 5. The summed E-state index contributed by atoms with van der Waals surface area (Å²) in [6.07, 6.45) is 6.81. The summed E-state index contributed by atoms with van der Waals surface area (Å²) in [5.74, 6) is 0.835. The summed E-state index contributed by atoms with van der Waals surface area (Å²) in [6, 6.07) is 10.2. The molecule has 5 heteroatoms. The highest BCUT2D eigenvalue weighted by atomic mass is 32.1. The Bertz CT molecular complexity index is 702. The van der Waals surface area contributed by atoms with Crippen LogP contribution in [0.25, 0.3) is 0 Å². The lowest BCUT2D eigenvalue weighted by molar-refractivity contribution is 0.642. The minimum absolute atomic E-state index is 0.170. The van der Waals surface area contributed by atoms with Gasteiger partial charge in [0.15, 0.2) is 0 Å². The van der Waals surface area contributed by atoms with Crippen molar-refractivity contribution in [2.75, 3.05) is 5.32 Å². The van der Waals surface area contributed by atoms with Gasteiger partial charge in [0.05, 0.1) is 6.04 Å². The standard InChI is InChI=1S/C16H18N4S/c1-3-14-11-18-15(21-14)12(2)20-10-9-17-16(20)19-13-7-5-4-6-8-13/h4-12H,3H2,1-2H3,(H,17,19). The normalized spacial score (nSPS) is 12.3. The van der Waals surface area contributed by atoms with Crippen LogP contribution in [0.4, 0.5) is 11.6 Å². The van der Waals surface area contributed by atoms with Gasteiger partial charge in [0, 0.05) is 29.2 Å². The number of anilines is 2. The quantitative estimate of drug-likeness (QED) is 0.765. The number of hydrogen-bond acceptors (Lipinski definition) is 4. The fourth-order valence-corrected chi connectivity index (χ4v) is 3.08. The SMILES string of the molecule is CCc1cnc(C(C)n2ccnc2Nc2ccccc2)s1. The number of nitrogens with one attached hydrogen (secondary N) is 1. The van der Waals surface area contributed by atoms with Crippen LogP contribution in [-0.4, -0.2) is 14.5 Å². The summed E-state index contributed by atoms with van der Waals surface area (Å²) in [5, 5.41) is 4.46. The van der Waals surface area contributed by atoms with E-state index in [9.17, 15) is 0 Å². The molecular weight excluding hydrogens is 280 g/mol. The summed E-state index contributed by atoms with van der Waals surface area (Å²) in [7, 11) is 0. The van der Waals surface area contributed by atoms with E-state index in [1.807, 2.05) is 48.9 Å². The number of para-hydroxylation sites is 1. The zero-order chi connectivity index (χ0) is 14.7. The maximum atomic E-state index is 4.53.